The molecule has 0 unspecified atom stereocenters. The number of nitrogens with zero attached hydrogens (tertiary/aromatic N) is 1. The molecule has 2 aliphatic rings. The third kappa shape index (κ3) is 3.96. The van der Waals surface area contributed by atoms with Crippen LogP contribution in [0.5, 0.6) is 0 Å². The van der Waals surface area contributed by atoms with Crippen LogP contribution in [0.2, 0.25) is 0 Å². The Kier molecular flexibility index (Phi) is 5.73. The molecule has 23 heavy (non-hydrogen) atoms. The molecule has 2 fully saturated rings. The summed E-state index contributed by atoms with van der Waals surface area (Å²) >= 11 is 0. The van der Waals surface area contributed by atoms with E-state index in [1.165, 1.54) is 61.9 Å². The highest BCUT2D eigenvalue weighted by Crippen LogP contribution is 2.30. The Labute approximate surface area is 141 Å². The van der Waals surface area contributed by atoms with E-state index in [2.05, 4.69) is 42.3 Å². The van der Waals surface area contributed by atoms with E-state index in [0.29, 0.717) is 5.54 Å². The molecule has 3 heteroatoms. The molecule has 0 aromatic heterocycles. The minimum absolute atomic E-state index is 0.316. The number of benzene rings is 1. The summed E-state index contributed by atoms with van der Waals surface area (Å²) in [6.07, 6.45) is 6.47. The number of ether oxygens (including phenoxy) is 1. The standard InChI is InChI=1S/C20H32N2O/c1-17-7-6-8-19(18(17)2)15-21-16-20(9-13-23-14-10-20)22-11-4-3-5-12-22/h6-8,21H,3-5,9-16H2,1-2H3. The van der Waals surface area contributed by atoms with Crippen LogP contribution < -0.4 is 5.32 Å². The maximum atomic E-state index is 5.66. The Morgan fingerprint density at radius 2 is 1.83 bits per heavy atom. The molecule has 0 atom stereocenters. The van der Waals surface area contributed by atoms with Crippen molar-refractivity contribution >= 4 is 0 Å². The van der Waals surface area contributed by atoms with Gasteiger partial charge in [-0.3, -0.25) is 4.90 Å². The molecule has 3 rings (SSSR count). The van der Waals surface area contributed by atoms with Crippen LogP contribution in [0.1, 0.15) is 48.8 Å². The Morgan fingerprint density at radius 1 is 1.09 bits per heavy atom. The van der Waals surface area contributed by atoms with Gasteiger partial charge in [-0.15, -0.1) is 0 Å². The summed E-state index contributed by atoms with van der Waals surface area (Å²) in [7, 11) is 0. The number of piperidine rings is 1. The summed E-state index contributed by atoms with van der Waals surface area (Å²) in [6, 6.07) is 6.63. The highest BCUT2D eigenvalue weighted by molar-refractivity contribution is 5.32. The van der Waals surface area contributed by atoms with Gasteiger partial charge in [-0.1, -0.05) is 24.6 Å². The largest absolute Gasteiger partial charge is 0.381 e. The minimum Gasteiger partial charge on any atom is -0.381 e. The topological polar surface area (TPSA) is 24.5 Å². The maximum Gasteiger partial charge on any atom is 0.0484 e. The van der Waals surface area contributed by atoms with E-state index in [1.807, 2.05) is 0 Å². The van der Waals surface area contributed by atoms with Gasteiger partial charge in [-0.05, 0) is 69.3 Å². The maximum absolute atomic E-state index is 5.66. The van der Waals surface area contributed by atoms with Crippen molar-refractivity contribution in [2.45, 2.75) is 58.0 Å². The molecule has 2 heterocycles. The third-order valence-electron chi connectivity index (χ3n) is 5.94. The third-order valence-corrected chi connectivity index (χ3v) is 5.94. The zero-order valence-electron chi connectivity index (χ0n) is 14.9. The van der Waals surface area contributed by atoms with Crippen LogP contribution in [0.4, 0.5) is 0 Å². The lowest BCUT2D eigenvalue weighted by atomic mass is 9.86. The zero-order chi connectivity index (χ0) is 16.1. The quantitative estimate of drug-likeness (QED) is 0.901. The first-order valence-electron chi connectivity index (χ1n) is 9.30. The molecule has 1 aromatic carbocycles. The summed E-state index contributed by atoms with van der Waals surface area (Å²) in [4.78, 5) is 2.76. The SMILES string of the molecule is Cc1cccc(CNCC2(N3CCCCC3)CCOCC2)c1C. The molecule has 0 spiro atoms. The number of hydrogen-bond acceptors (Lipinski definition) is 3. The van der Waals surface area contributed by atoms with Crippen LogP contribution in [-0.2, 0) is 11.3 Å². The van der Waals surface area contributed by atoms with Crippen molar-refractivity contribution in [3.63, 3.8) is 0 Å². The lowest BCUT2D eigenvalue weighted by Gasteiger charge is -2.48. The van der Waals surface area contributed by atoms with Crippen LogP contribution in [0.25, 0.3) is 0 Å². The number of hydrogen-bond donors (Lipinski definition) is 1. The Morgan fingerprint density at radius 3 is 2.57 bits per heavy atom. The molecule has 0 radical (unpaired) electrons. The van der Waals surface area contributed by atoms with Gasteiger partial charge in [0.2, 0.25) is 0 Å². The number of aryl methyl sites for hydroxylation is 1. The van der Waals surface area contributed by atoms with Crippen LogP contribution in [0, 0.1) is 13.8 Å². The van der Waals surface area contributed by atoms with E-state index < -0.39 is 0 Å². The summed E-state index contributed by atoms with van der Waals surface area (Å²) < 4.78 is 5.66. The number of rotatable bonds is 5. The molecular formula is C20H32N2O. The van der Waals surface area contributed by atoms with Crippen molar-refractivity contribution in [3.8, 4) is 0 Å². The monoisotopic (exact) mass is 316 g/mol. The van der Waals surface area contributed by atoms with Crippen molar-refractivity contribution in [3.05, 3.63) is 34.9 Å². The molecule has 3 nitrogen and oxygen atoms in total. The van der Waals surface area contributed by atoms with Crippen molar-refractivity contribution in [2.75, 3.05) is 32.8 Å². The molecule has 0 saturated carbocycles. The summed E-state index contributed by atoms with van der Waals surface area (Å²) in [5.74, 6) is 0. The van der Waals surface area contributed by atoms with Gasteiger partial charge < -0.3 is 10.1 Å². The van der Waals surface area contributed by atoms with E-state index in [0.717, 1.165) is 26.3 Å². The van der Waals surface area contributed by atoms with Crippen molar-refractivity contribution in [2.24, 2.45) is 0 Å². The van der Waals surface area contributed by atoms with Gasteiger partial charge in [0, 0.05) is 31.8 Å². The van der Waals surface area contributed by atoms with Gasteiger partial charge in [-0.25, -0.2) is 0 Å². The fourth-order valence-corrected chi connectivity index (χ4v) is 4.16. The molecule has 1 N–H and O–H groups in total. The highest BCUT2D eigenvalue weighted by atomic mass is 16.5. The smallest absolute Gasteiger partial charge is 0.0484 e. The summed E-state index contributed by atoms with van der Waals surface area (Å²) in [6.45, 7) is 10.9. The Balaban J connectivity index is 1.63. The second-order valence-electron chi connectivity index (χ2n) is 7.35. The van der Waals surface area contributed by atoms with Gasteiger partial charge in [-0.2, -0.15) is 0 Å². The predicted molar refractivity (Wildman–Crippen MR) is 95.8 cm³/mol. The average Bonchev–Trinajstić information content (AvgIpc) is 2.60. The molecule has 0 bridgehead atoms. The Bertz CT molecular complexity index is 502. The lowest BCUT2D eigenvalue weighted by Crippen LogP contribution is -2.59. The van der Waals surface area contributed by atoms with Gasteiger partial charge in [0.05, 0.1) is 0 Å². The molecular weight excluding hydrogens is 284 g/mol. The van der Waals surface area contributed by atoms with Crippen molar-refractivity contribution < 1.29 is 4.74 Å². The van der Waals surface area contributed by atoms with Gasteiger partial charge in [0.1, 0.15) is 0 Å². The molecule has 0 aliphatic carbocycles. The van der Waals surface area contributed by atoms with Gasteiger partial charge in [0.25, 0.3) is 0 Å². The van der Waals surface area contributed by atoms with E-state index in [1.54, 1.807) is 0 Å². The fraction of sp³-hybridized carbons (Fsp3) is 0.700. The molecule has 1 aromatic rings. The highest BCUT2D eigenvalue weighted by Gasteiger charge is 2.38. The second kappa shape index (κ2) is 7.78. The predicted octanol–water partition coefficient (Wildman–Crippen LogP) is 3.43. The van der Waals surface area contributed by atoms with Crippen LogP contribution in [0.3, 0.4) is 0 Å². The number of nitrogens with one attached hydrogen (secondary N) is 1. The van der Waals surface area contributed by atoms with E-state index >= 15 is 0 Å². The van der Waals surface area contributed by atoms with Gasteiger partial charge in [0.15, 0.2) is 0 Å². The average molecular weight is 316 g/mol. The van der Waals surface area contributed by atoms with Crippen LogP contribution >= 0.6 is 0 Å². The van der Waals surface area contributed by atoms with E-state index in [4.69, 9.17) is 4.74 Å². The minimum atomic E-state index is 0.316. The molecule has 128 valence electrons. The second-order valence-corrected chi connectivity index (χ2v) is 7.35. The Hall–Kier alpha value is -0.900. The van der Waals surface area contributed by atoms with Crippen LogP contribution in [-0.4, -0.2) is 43.3 Å². The molecule has 2 saturated heterocycles. The summed E-state index contributed by atoms with van der Waals surface area (Å²) in [5, 5.41) is 3.78. The lowest BCUT2D eigenvalue weighted by molar-refractivity contribution is -0.0358. The zero-order valence-corrected chi connectivity index (χ0v) is 14.9. The number of likely N-dealkylation sites (tertiary alicyclic amines) is 1. The molecule has 0 amide bonds. The summed E-state index contributed by atoms with van der Waals surface area (Å²) in [5.41, 5.74) is 4.57. The van der Waals surface area contributed by atoms with Crippen molar-refractivity contribution in [1.82, 2.24) is 10.2 Å². The van der Waals surface area contributed by atoms with E-state index in [9.17, 15) is 0 Å². The van der Waals surface area contributed by atoms with Gasteiger partial charge >= 0.3 is 0 Å². The van der Waals surface area contributed by atoms with Crippen molar-refractivity contribution in [1.29, 1.82) is 0 Å². The normalized spacial score (nSPS) is 22.2. The molecule has 2 aliphatic heterocycles. The van der Waals surface area contributed by atoms with E-state index in [-0.39, 0.29) is 0 Å². The first-order valence-corrected chi connectivity index (χ1v) is 9.30. The van der Waals surface area contributed by atoms with Crippen LogP contribution in [0.15, 0.2) is 18.2 Å². The first-order chi connectivity index (χ1) is 11.2. The fourth-order valence-electron chi connectivity index (χ4n) is 4.16. The first kappa shape index (κ1) is 16.9.